The maximum Gasteiger partial charge on any atom is 0.228 e. The van der Waals surface area contributed by atoms with Crippen molar-refractivity contribution in [3.63, 3.8) is 0 Å². The molecule has 15 heavy (non-hydrogen) atoms. The molecule has 2 N–H and O–H groups in total. The minimum atomic E-state index is 0. The average Bonchev–Trinajstić information content (AvgIpc) is 2.69. The molecule has 0 aliphatic heterocycles. The number of aromatic nitrogens is 2. The van der Waals surface area contributed by atoms with Gasteiger partial charge in [0, 0.05) is 23.4 Å². The predicted molar refractivity (Wildman–Crippen MR) is 62.2 cm³/mol. The van der Waals surface area contributed by atoms with Gasteiger partial charge in [0.2, 0.25) is 11.7 Å². The largest absolute Gasteiger partial charge is 0.339 e. The van der Waals surface area contributed by atoms with Crippen LogP contribution in [-0.4, -0.2) is 16.2 Å². The molecule has 0 aliphatic rings. The Morgan fingerprint density at radius 2 is 2.40 bits per heavy atom. The van der Waals surface area contributed by atoms with Gasteiger partial charge in [0.05, 0.1) is 0 Å². The van der Waals surface area contributed by atoms with Crippen molar-refractivity contribution < 1.29 is 4.52 Å². The van der Waals surface area contributed by atoms with E-state index < -0.39 is 0 Å². The monoisotopic (exact) mass is 245 g/mol. The van der Waals surface area contributed by atoms with Gasteiger partial charge >= 0.3 is 0 Å². The molecular formula is C9H12ClN3OS. The van der Waals surface area contributed by atoms with E-state index >= 15 is 0 Å². The predicted octanol–water partition coefficient (Wildman–Crippen LogP) is 2.11. The van der Waals surface area contributed by atoms with Gasteiger partial charge in [-0.05, 0) is 18.4 Å². The van der Waals surface area contributed by atoms with Crippen LogP contribution in [0, 0.1) is 0 Å². The van der Waals surface area contributed by atoms with E-state index in [2.05, 4.69) is 10.1 Å². The maximum atomic E-state index is 5.63. The van der Waals surface area contributed by atoms with Crippen LogP contribution in [0.3, 0.4) is 0 Å². The number of hydrogen-bond donors (Lipinski definition) is 1. The summed E-state index contributed by atoms with van der Waals surface area (Å²) in [4.78, 5) is 4.24. The lowest BCUT2D eigenvalue weighted by Gasteiger charge is -1.96. The van der Waals surface area contributed by atoms with Crippen molar-refractivity contribution >= 4 is 23.7 Å². The van der Waals surface area contributed by atoms with Gasteiger partial charge in [0.1, 0.15) is 0 Å². The maximum absolute atomic E-state index is 5.63. The Labute approximate surface area is 97.9 Å². The standard InChI is InChI=1S/C9H11N3OS.ClH/c1-6(10)4-8-11-9(12-13-8)7-2-3-14-5-7;/h2-3,5-6H,4,10H2,1H3;1H. The summed E-state index contributed by atoms with van der Waals surface area (Å²) in [5, 5.41) is 7.85. The van der Waals surface area contributed by atoms with Gasteiger partial charge in [-0.3, -0.25) is 0 Å². The minimum absolute atomic E-state index is 0. The molecule has 0 saturated heterocycles. The highest BCUT2D eigenvalue weighted by molar-refractivity contribution is 7.08. The molecule has 2 aromatic heterocycles. The summed E-state index contributed by atoms with van der Waals surface area (Å²) in [5.74, 6) is 1.24. The van der Waals surface area contributed by atoms with Crippen LogP contribution < -0.4 is 5.73 Å². The van der Waals surface area contributed by atoms with Gasteiger partial charge in [-0.1, -0.05) is 5.16 Å². The van der Waals surface area contributed by atoms with Crippen LogP contribution in [0.2, 0.25) is 0 Å². The first kappa shape index (κ1) is 12.2. The molecule has 2 rings (SSSR count). The normalized spacial score (nSPS) is 12.1. The van der Waals surface area contributed by atoms with Crippen LogP contribution >= 0.6 is 23.7 Å². The molecule has 0 bridgehead atoms. The Morgan fingerprint density at radius 3 is 3.00 bits per heavy atom. The first-order chi connectivity index (χ1) is 6.75. The van der Waals surface area contributed by atoms with Gasteiger partial charge < -0.3 is 10.3 Å². The molecule has 6 heteroatoms. The number of nitrogens with two attached hydrogens (primary N) is 1. The molecule has 0 fully saturated rings. The Bertz CT molecular complexity index is 399. The molecule has 1 atom stereocenters. The second-order valence-electron chi connectivity index (χ2n) is 3.21. The highest BCUT2D eigenvalue weighted by Crippen LogP contribution is 2.18. The van der Waals surface area contributed by atoms with Crippen molar-refractivity contribution in [1.82, 2.24) is 10.1 Å². The van der Waals surface area contributed by atoms with Gasteiger partial charge in [0.15, 0.2) is 0 Å². The van der Waals surface area contributed by atoms with Crippen molar-refractivity contribution in [2.45, 2.75) is 19.4 Å². The second-order valence-corrected chi connectivity index (χ2v) is 3.99. The Morgan fingerprint density at radius 1 is 1.60 bits per heavy atom. The first-order valence-corrected chi connectivity index (χ1v) is 5.30. The summed E-state index contributed by atoms with van der Waals surface area (Å²) in [6, 6.07) is 2.01. The van der Waals surface area contributed by atoms with Crippen LogP contribution in [0.4, 0.5) is 0 Å². The van der Waals surface area contributed by atoms with Crippen LogP contribution in [0.25, 0.3) is 11.4 Å². The molecule has 0 saturated carbocycles. The van der Waals surface area contributed by atoms with E-state index in [0.717, 1.165) is 5.56 Å². The second kappa shape index (κ2) is 5.25. The molecule has 0 spiro atoms. The summed E-state index contributed by atoms with van der Waals surface area (Å²) < 4.78 is 5.06. The van der Waals surface area contributed by atoms with Gasteiger partial charge in [-0.25, -0.2) is 0 Å². The molecule has 2 heterocycles. The SMILES string of the molecule is CC(N)Cc1nc(-c2ccsc2)no1.Cl. The molecule has 0 radical (unpaired) electrons. The highest BCUT2D eigenvalue weighted by Gasteiger charge is 2.09. The zero-order chi connectivity index (χ0) is 9.97. The van der Waals surface area contributed by atoms with E-state index in [1.807, 2.05) is 23.8 Å². The van der Waals surface area contributed by atoms with Gasteiger partial charge in [-0.2, -0.15) is 16.3 Å². The molecule has 0 amide bonds. The lowest BCUT2D eigenvalue weighted by molar-refractivity contribution is 0.372. The van der Waals surface area contributed by atoms with Crippen molar-refractivity contribution in [3.05, 3.63) is 22.7 Å². The van der Waals surface area contributed by atoms with Crippen LogP contribution in [0.5, 0.6) is 0 Å². The van der Waals surface area contributed by atoms with E-state index in [9.17, 15) is 0 Å². The summed E-state index contributed by atoms with van der Waals surface area (Å²) in [6.45, 7) is 1.91. The molecule has 0 aromatic carbocycles. The van der Waals surface area contributed by atoms with Crippen molar-refractivity contribution in [1.29, 1.82) is 0 Å². The lowest BCUT2D eigenvalue weighted by Crippen LogP contribution is -2.17. The van der Waals surface area contributed by atoms with E-state index in [0.29, 0.717) is 18.1 Å². The topological polar surface area (TPSA) is 64.9 Å². The highest BCUT2D eigenvalue weighted by atomic mass is 35.5. The Balaban J connectivity index is 0.00000112. The van der Waals surface area contributed by atoms with Crippen LogP contribution in [0.15, 0.2) is 21.3 Å². The quantitative estimate of drug-likeness (QED) is 0.900. The number of rotatable bonds is 3. The third-order valence-corrected chi connectivity index (χ3v) is 2.43. The average molecular weight is 246 g/mol. The van der Waals surface area contributed by atoms with Gasteiger partial charge in [-0.15, -0.1) is 12.4 Å². The molecule has 2 aromatic rings. The summed E-state index contributed by atoms with van der Waals surface area (Å²) >= 11 is 1.61. The fourth-order valence-corrected chi connectivity index (χ4v) is 1.76. The molecule has 0 aliphatic carbocycles. The lowest BCUT2D eigenvalue weighted by atomic mass is 10.2. The smallest absolute Gasteiger partial charge is 0.228 e. The summed E-state index contributed by atoms with van der Waals surface area (Å²) in [7, 11) is 0. The number of halogens is 1. The summed E-state index contributed by atoms with van der Waals surface area (Å²) in [5.41, 5.74) is 6.62. The number of hydrogen-bond acceptors (Lipinski definition) is 5. The van der Waals surface area contributed by atoms with E-state index in [4.69, 9.17) is 10.3 Å². The van der Waals surface area contributed by atoms with Crippen molar-refractivity contribution in [2.24, 2.45) is 5.73 Å². The zero-order valence-corrected chi connectivity index (χ0v) is 9.85. The zero-order valence-electron chi connectivity index (χ0n) is 8.21. The first-order valence-electron chi connectivity index (χ1n) is 4.36. The van der Waals surface area contributed by atoms with Crippen LogP contribution in [-0.2, 0) is 6.42 Å². The number of thiophene rings is 1. The van der Waals surface area contributed by atoms with Crippen LogP contribution in [0.1, 0.15) is 12.8 Å². The fourth-order valence-electron chi connectivity index (χ4n) is 1.12. The summed E-state index contributed by atoms with van der Waals surface area (Å²) in [6.07, 6.45) is 0.622. The Hall–Kier alpha value is -0.910. The molecule has 4 nitrogen and oxygen atoms in total. The van der Waals surface area contributed by atoms with E-state index in [1.165, 1.54) is 0 Å². The van der Waals surface area contributed by atoms with E-state index in [-0.39, 0.29) is 18.4 Å². The van der Waals surface area contributed by atoms with Gasteiger partial charge in [0.25, 0.3) is 0 Å². The van der Waals surface area contributed by atoms with Crippen molar-refractivity contribution in [2.75, 3.05) is 0 Å². The molecule has 82 valence electrons. The fraction of sp³-hybridized carbons (Fsp3) is 0.333. The number of nitrogens with zero attached hydrogens (tertiary/aromatic N) is 2. The third kappa shape index (κ3) is 3.02. The molecule has 1 unspecified atom stereocenters. The molecular weight excluding hydrogens is 234 g/mol. The third-order valence-electron chi connectivity index (χ3n) is 1.74. The minimum Gasteiger partial charge on any atom is -0.339 e. The van der Waals surface area contributed by atoms with E-state index in [1.54, 1.807) is 11.3 Å². The van der Waals surface area contributed by atoms with Crippen molar-refractivity contribution in [3.8, 4) is 11.4 Å². The Kier molecular flexibility index (Phi) is 4.26.